The summed E-state index contributed by atoms with van der Waals surface area (Å²) < 4.78 is 6.55. The predicted molar refractivity (Wildman–Crippen MR) is 123 cm³/mol. The second-order valence-corrected chi connectivity index (χ2v) is 7.75. The molecule has 0 saturated carbocycles. The maximum Gasteiger partial charge on any atom is 0.414 e. The summed E-state index contributed by atoms with van der Waals surface area (Å²) in [7, 11) is 1.43. The molecule has 0 unspecified atom stereocenters. The second kappa shape index (κ2) is 8.74. The number of anilines is 2. The molecule has 1 aliphatic carbocycles. The predicted octanol–water partition coefficient (Wildman–Crippen LogP) is 2.85. The minimum absolute atomic E-state index is 0.00700. The van der Waals surface area contributed by atoms with Crippen LogP contribution in [0.15, 0.2) is 54.7 Å². The van der Waals surface area contributed by atoms with Crippen LogP contribution in [0.25, 0.3) is 11.1 Å². The number of hydrogen-bond donors (Lipinski definition) is 4. The van der Waals surface area contributed by atoms with Crippen LogP contribution in [0.1, 0.15) is 38.2 Å². The molecule has 0 atom stereocenters. The van der Waals surface area contributed by atoms with Gasteiger partial charge in [-0.15, -0.1) is 5.10 Å². The first-order chi connectivity index (χ1) is 16.9. The van der Waals surface area contributed by atoms with E-state index < -0.39 is 18.0 Å². The summed E-state index contributed by atoms with van der Waals surface area (Å²) in [5.41, 5.74) is 4.18. The number of ether oxygens (including phenoxy) is 1. The molecule has 12 nitrogen and oxygen atoms in total. The molecule has 12 heteroatoms. The number of aromatic nitrogens is 5. The molecule has 0 spiro atoms. The number of carboxylic acids is 1. The van der Waals surface area contributed by atoms with E-state index >= 15 is 0 Å². The van der Waals surface area contributed by atoms with Crippen molar-refractivity contribution in [3.05, 3.63) is 77.4 Å². The highest BCUT2D eigenvalue weighted by Crippen LogP contribution is 2.44. The fraction of sp³-hybridized carbons (Fsp3) is 0.130. The van der Waals surface area contributed by atoms with E-state index in [-0.39, 0.29) is 35.7 Å². The van der Waals surface area contributed by atoms with Crippen LogP contribution in [0.2, 0.25) is 0 Å². The maximum absolute atomic E-state index is 12.4. The summed E-state index contributed by atoms with van der Waals surface area (Å²) in [5, 5.41) is 24.0. The molecule has 2 aromatic carbocycles. The first-order valence-electron chi connectivity index (χ1n) is 10.5. The Morgan fingerprint density at radius 2 is 1.71 bits per heavy atom. The lowest BCUT2D eigenvalue weighted by molar-refractivity contribution is 0.0686. The van der Waals surface area contributed by atoms with Crippen LogP contribution < -0.4 is 10.6 Å². The molecule has 1 aliphatic rings. The first kappa shape index (κ1) is 21.8. The van der Waals surface area contributed by atoms with Gasteiger partial charge in [-0.3, -0.25) is 19.9 Å². The molecule has 4 aromatic rings. The van der Waals surface area contributed by atoms with Crippen LogP contribution in [-0.2, 0) is 11.8 Å². The Hall–Kier alpha value is -5.00. The van der Waals surface area contributed by atoms with Gasteiger partial charge < -0.3 is 15.2 Å². The molecule has 2 heterocycles. The molecule has 0 saturated heterocycles. The summed E-state index contributed by atoms with van der Waals surface area (Å²) in [6.07, 6.45) is 0.423. The van der Waals surface area contributed by atoms with E-state index in [1.54, 1.807) is 0 Å². The average Bonchev–Trinajstić information content (AvgIpc) is 3.54. The van der Waals surface area contributed by atoms with E-state index in [1.165, 1.54) is 13.2 Å². The van der Waals surface area contributed by atoms with Gasteiger partial charge in [-0.1, -0.05) is 48.5 Å². The standard InChI is InChI=1S/C23H19N7O5/c1-30-18(21(32)33)17(10-24-30)25-20(31)19-26-22(29-28-19)27-23(34)35-11-16-14-8-4-2-6-12(14)13-7-3-5-9-15(13)16/h2-10,16H,11H2,1H3,(H,25,31)(H,32,33)(H2,26,27,28,29,34). The minimum Gasteiger partial charge on any atom is -0.476 e. The quantitative estimate of drug-likeness (QED) is 0.332. The van der Waals surface area contributed by atoms with E-state index in [4.69, 9.17) is 4.74 Å². The SMILES string of the molecule is Cn1ncc(NC(=O)c2nc(NC(=O)OCC3c4ccccc4-c4ccccc43)n[nH]2)c1C(=O)O. The van der Waals surface area contributed by atoms with Gasteiger partial charge in [0.05, 0.1) is 11.9 Å². The Morgan fingerprint density at radius 3 is 2.37 bits per heavy atom. The smallest absolute Gasteiger partial charge is 0.414 e. The summed E-state index contributed by atoms with van der Waals surface area (Å²) >= 11 is 0. The van der Waals surface area contributed by atoms with Gasteiger partial charge in [0.1, 0.15) is 6.61 Å². The number of carboxylic acid groups (broad SMARTS) is 1. The fourth-order valence-corrected chi connectivity index (χ4v) is 4.11. The van der Waals surface area contributed by atoms with Crippen molar-refractivity contribution in [1.29, 1.82) is 0 Å². The summed E-state index contributed by atoms with van der Waals surface area (Å²) in [6, 6.07) is 15.9. The van der Waals surface area contributed by atoms with Crippen molar-refractivity contribution < 1.29 is 24.2 Å². The van der Waals surface area contributed by atoms with Gasteiger partial charge in [0.25, 0.3) is 11.9 Å². The number of hydrogen-bond acceptors (Lipinski definition) is 7. The highest BCUT2D eigenvalue weighted by molar-refractivity contribution is 6.05. The third kappa shape index (κ3) is 4.08. The molecule has 0 fully saturated rings. The lowest BCUT2D eigenvalue weighted by atomic mass is 9.98. The van der Waals surface area contributed by atoms with Crippen molar-refractivity contribution >= 4 is 29.6 Å². The van der Waals surface area contributed by atoms with Crippen LogP contribution in [0.5, 0.6) is 0 Å². The van der Waals surface area contributed by atoms with E-state index in [1.807, 2.05) is 48.5 Å². The molecular formula is C23H19N7O5. The minimum atomic E-state index is -1.25. The lowest BCUT2D eigenvalue weighted by Crippen LogP contribution is -2.19. The van der Waals surface area contributed by atoms with Crippen LogP contribution in [0, 0.1) is 0 Å². The summed E-state index contributed by atoms with van der Waals surface area (Å²) in [6.45, 7) is 0.108. The van der Waals surface area contributed by atoms with Gasteiger partial charge in [-0.25, -0.2) is 9.59 Å². The van der Waals surface area contributed by atoms with E-state index in [0.717, 1.165) is 26.9 Å². The molecule has 0 radical (unpaired) electrons. The number of aromatic amines is 1. The van der Waals surface area contributed by atoms with Gasteiger partial charge >= 0.3 is 12.1 Å². The largest absolute Gasteiger partial charge is 0.476 e. The van der Waals surface area contributed by atoms with Gasteiger partial charge in [0.2, 0.25) is 5.82 Å². The highest BCUT2D eigenvalue weighted by Gasteiger charge is 2.29. The van der Waals surface area contributed by atoms with Gasteiger partial charge in [-0.2, -0.15) is 10.1 Å². The molecule has 5 rings (SSSR count). The zero-order valence-electron chi connectivity index (χ0n) is 18.3. The van der Waals surface area contributed by atoms with Gasteiger partial charge in [0, 0.05) is 13.0 Å². The summed E-state index contributed by atoms with van der Waals surface area (Å²) in [5.74, 6) is -2.52. The number of H-pyrrole nitrogens is 1. The van der Waals surface area contributed by atoms with Gasteiger partial charge in [-0.05, 0) is 22.3 Å². The highest BCUT2D eigenvalue weighted by atomic mass is 16.5. The van der Waals surface area contributed by atoms with Crippen LogP contribution in [0.3, 0.4) is 0 Å². The normalized spacial score (nSPS) is 12.0. The monoisotopic (exact) mass is 473 g/mol. The van der Waals surface area contributed by atoms with Gasteiger partial charge in [0.15, 0.2) is 5.69 Å². The Kier molecular flexibility index (Phi) is 5.45. The zero-order chi connectivity index (χ0) is 24.5. The van der Waals surface area contributed by atoms with Crippen molar-refractivity contribution in [1.82, 2.24) is 25.0 Å². The number of benzene rings is 2. The van der Waals surface area contributed by atoms with Crippen molar-refractivity contribution in [2.75, 3.05) is 17.2 Å². The number of nitrogens with zero attached hydrogens (tertiary/aromatic N) is 4. The first-order valence-corrected chi connectivity index (χ1v) is 10.5. The van der Waals surface area contributed by atoms with Crippen molar-refractivity contribution in [2.45, 2.75) is 5.92 Å². The molecule has 2 aromatic heterocycles. The molecular weight excluding hydrogens is 454 g/mol. The van der Waals surface area contributed by atoms with E-state index in [9.17, 15) is 19.5 Å². The Balaban J connectivity index is 1.22. The molecule has 176 valence electrons. The van der Waals surface area contributed by atoms with Crippen LogP contribution in [0.4, 0.5) is 16.4 Å². The number of amides is 2. The third-order valence-corrected chi connectivity index (χ3v) is 5.65. The second-order valence-electron chi connectivity index (χ2n) is 7.75. The molecule has 4 N–H and O–H groups in total. The van der Waals surface area contributed by atoms with Crippen LogP contribution >= 0.6 is 0 Å². The molecule has 0 aliphatic heterocycles. The van der Waals surface area contributed by atoms with Crippen molar-refractivity contribution in [3.63, 3.8) is 0 Å². The number of carbonyl (C=O) groups excluding carboxylic acids is 2. The van der Waals surface area contributed by atoms with E-state index in [0.29, 0.717) is 0 Å². The number of fused-ring (bicyclic) bond motifs is 3. The number of carbonyl (C=O) groups is 3. The number of rotatable bonds is 6. The number of aryl methyl sites for hydroxylation is 1. The molecule has 0 bridgehead atoms. The Morgan fingerprint density at radius 1 is 1.06 bits per heavy atom. The van der Waals surface area contributed by atoms with Crippen LogP contribution in [-0.4, -0.2) is 54.6 Å². The molecule has 2 amide bonds. The Labute approximate surface area is 198 Å². The fourth-order valence-electron chi connectivity index (χ4n) is 4.11. The van der Waals surface area contributed by atoms with E-state index in [2.05, 4.69) is 30.9 Å². The average molecular weight is 473 g/mol. The topological polar surface area (TPSA) is 164 Å². The van der Waals surface area contributed by atoms with Crippen molar-refractivity contribution in [3.8, 4) is 11.1 Å². The molecule has 35 heavy (non-hydrogen) atoms. The summed E-state index contributed by atoms with van der Waals surface area (Å²) in [4.78, 5) is 40.0. The Bertz CT molecular complexity index is 1410. The number of nitrogens with one attached hydrogen (secondary N) is 3. The zero-order valence-corrected chi connectivity index (χ0v) is 18.3. The number of aromatic carboxylic acids is 1. The lowest BCUT2D eigenvalue weighted by Gasteiger charge is -2.13. The third-order valence-electron chi connectivity index (χ3n) is 5.65. The maximum atomic E-state index is 12.4. The van der Waals surface area contributed by atoms with Crippen molar-refractivity contribution in [2.24, 2.45) is 7.05 Å².